The van der Waals surface area contributed by atoms with E-state index in [1.54, 1.807) is 12.4 Å². The number of hydrogen-bond acceptors (Lipinski definition) is 4. The van der Waals surface area contributed by atoms with Crippen molar-refractivity contribution in [1.82, 2.24) is 4.98 Å². The van der Waals surface area contributed by atoms with E-state index in [2.05, 4.69) is 37.9 Å². The molecule has 1 unspecified atom stereocenters. The molecule has 0 radical (unpaired) electrons. The zero-order valence-electron chi connectivity index (χ0n) is 21.9. The quantitative estimate of drug-likeness (QED) is 0.380. The molecule has 2 heterocycles. The van der Waals surface area contributed by atoms with Crippen LogP contribution in [0.5, 0.6) is 0 Å². The van der Waals surface area contributed by atoms with Crippen molar-refractivity contribution in [1.29, 1.82) is 5.41 Å². The summed E-state index contributed by atoms with van der Waals surface area (Å²) in [6.45, 7) is 8.31. The molecular formula is C32H33N3O2. The van der Waals surface area contributed by atoms with Crippen molar-refractivity contribution >= 4 is 23.1 Å². The van der Waals surface area contributed by atoms with Crippen molar-refractivity contribution in [3.8, 4) is 0 Å². The minimum Gasteiger partial charge on any atom is -0.507 e. The lowest BCUT2D eigenvalue weighted by atomic mass is 9.67. The van der Waals surface area contributed by atoms with Gasteiger partial charge in [-0.05, 0) is 54.5 Å². The number of carbonyl (C=O) groups excluding carboxylic acids is 1. The fourth-order valence-corrected chi connectivity index (χ4v) is 5.53. The second-order valence-corrected chi connectivity index (χ2v) is 10.9. The number of rotatable bonds is 4. The Morgan fingerprint density at radius 2 is 1.78 bits per heavy atom. The first kappa shape index (κ1) is 24.7. The van der Waals surface area contributed by atoms with E-state index in [-0.39, 0.29) is 22.8 Å². The summed E-state index contributed by atoms with van der Waals surface area (Å²) in [5.41, 5.74) is 6.18. The third kappa shape index (κ3) is 4.50. The van der Waals surface area contributed by atoms with Gasteiger partial charge in [-0.3, -0.25) is 20.1 Å². The molecule has 1 aromatic heterocycles. The van der Waals surface area contributed by atoms with E-state index < -0.39 is 5.92 Å². The van der Waals surface area contributed by atoms with E-state index in [0.29, 0.717) is 29.6 Å². The number of ketones is 1. The number of aryl methyl sites for hydroxylation is 2. The largest absolute Gasteiger partial charge is 0.507 e. The van der Waals surface area contributed by atoms with Crippen LogP contribution in [-0.2, 0) is 11.2 Å². The summed E-state index contributed by atoms with van der Waals surface area (Å²) in [6.07, 6.45) is 5.42. The fraction of sp³-hybridized carbons (Fsp3) is 0.281. The molecule has 188 valence electrons. The highest BCUT2D eigenvalue weighted by Crippen LogP contribution is 2.51. The van der Waals surface area contributed by atoms with Gasteiger partial charge < -0.3 is 5.11 Å². The Bertz CT molecular complexity index is 1420. The van der Waals surface area contributed by atoms with Crippen LogP contribution in [0.1, 0.15) is 61.8 Å². The number of benzene rings is 2. The standard InChI is InChI=1S/C32H33N3O2/c1-5-21-10-14-24(15-11-21)35-25-17-32(3,4)18-26(36)28(25)27(23-7-6-16-34-19-23)29(31(35)33)30(37)22-12-8-20(2)9-13-22/h6-16,19,27,33,37H,5,17-18H2,1-4H3/b30-29+,33-31?. The minimum atomic E-state index is -0.577. The van der Waals surface area contributed by atoms with E-state index in [0.717, 1.165) is 28.9 Å². The first-order valence-electron chi connectivity index (χ1n) is 12.8. The highest BCUT2D eigenvalue weighted by atomic mass is 16.3. The number of aliphatic hydroxyl groups excluding tert-OH is 1. The Hall–Kier alpha value is -3.99. The van der Waals surface area contributed by atoms with E-state index in [9.17, 15) is 15.3 Å². The van der Waals surface area contributed by atoms with Gasteiger partial charge in [-0.25, -0.2) is 0 Å². The highest BCUT2D eigenvalue weighted by molar-refractivity contribution is 6.19. The van der Waals surface area contributed by atoms with Gasteiger partial charge in [0.15, 0.2) is 5.78 Å². The molecule has 0 saturated carbocycles. The number of aromatic nitrogens is 1. The lowest BCUT2D eigenvalue weighted by Gasteiger charge is -2.45. The van der Waals surface area contributed by atoms with Crippen molar-refractivity contribution < 1.29 is 9.90 Å². The molecule has 3 aromatic rings. The SMILES string of the molecule is CCc1ccc(N2C(=N)/C(=C(/O)c3ccc(C)cc3)C(c3cccnc3)C3=C2CC(C)(C)CC3=O)cc1. The van der Waals surface area contributed by atoms with E-state index in [1.807, 2.05) is 60.4 Å². The molecule has 0 spiro atoms. The number of anilines is 1. The van der Waals surface area contributed by atoms with Gasteiger partial charge in [-0.2, -0.15) is 0 Å². The molecule has 0 bridgehead atoms. The van der Waals surface area contributed by atoms with Gasteiger partial charge in [0.2, 0.25) is 0 Å². The summed E-state index contributed by atoms with van der Waals surface area (Å²) < 4.78 is 0. The van der Waals surface area contributed by atoms with Crippen LogP contribution < -0.4 is 4.90 Å². The second-order valence-electron chi connectivity index (χ2n) is 10.9. The van der Waals surface area contributed by atoms with Crippen molar-refractivity contribution in [2.24, 2.45) is 5.41 Å². The lowest BCUT2D eigenvalue weighted by molar-refractivity contribution is -0.118. The molecule has 1 aliphatic carbocycles. The number of carbonyl (C=O) groups is 1. The van der Waals surface area contributed by atoms with Crippen molar-refractivity contribution in [2.45, 2.75) is 52.9 Å². The summed E-state index contributed by atoms with van der Waals surface area (Å²) in [7, 11) is 0. The molecule has 2 N–H and O–H groups in total. The summed E-state index contributed by atoms with van der Waals surface area (Å²) in [5.74, 6) is -0.331. The monoisotopic (exact) mass is 491 g/mol. The van der Waals surface area contributed by atoms with Gasteiger partial charge in [-0.15, -0.1) is 0 Å². The minimum absolute atomic E-state index is 0.0122. The molecule has 2 aromatic carbocycles. The maximum Gasteiger partial charge on any atom is 0.162 e. The summed E-state index contributed by atoms with van der Waals surface area (Å²) >= 11 is 0. The molecule has 5 heteroatoms. The number of amidine groups is 1. The third-order valence-electron chi connectivity index (χ3n) is 7.42. The maximum atomic E-state index is 13.9. The van der Waals surface area contributed by atoms with E-state index in [4.69, 9.17) is 0 Å². The molecule has 5 nitrogen and oxygen atoms in total. The molecule has 0 saturated heterocycles. The first-order valence-corrected chi connectivity index (χ1v) is 12.8. The normalized spacial score (nSPS) is 20.6. The second kappa shape index (κ2) is 9.47. The van der Waals surface area contributed by atoms with Crippen LogP contribution in [0.3, 0.4) is 0 Å². The highest BCUT2D eigenvalue weighted by Gasteiger charge is 2.46. The Morgan fingerprint density at radius 3 is 2.41 bits per heavy atom. The topological polar surface area (TPSA) is 77.3 Å². The molecule has 1 atom stereocenters. The Labute approximate surface area is 218 Å². The number of allylic oxidation sites excluding steroid dienone is 2. The maximum absolute atomic E-state index is 13.9. The Kier molecular flexibility index (Phi) is 6.32. The zero-order valence-corrected chi connectivity index (χ0v) is 21.9. The summed E-state index contributed by atoms with van der Waals surface area (Å²) in [5, 5.41) is 21.2. The van der Waals surface area contributed by atoms with Crippen LogP contribution in [-0.4, -0.2) is 21.7 Å². The van der Waals surface area contributed by atoms with Gasteiger partial charge in [0.05, 0.1) is 0 Å². The summed E-state index contributed by atoms with van der Waals surface area (Å²) in [4.78, 5) is 20.1. The van der Waals surface area contributed by atoms with Crippen molar-refractivity contribution in [3.63, 3.8) is 0 Å². The number of aliphatic hydroxyl groups is 1. The van der Waals surface area contributed by atoms with Crippen LogP contribution in [0, 0.1) is 17.7 Å². The third-order valence-corrected chi connectivity index (χ3v) is 7.42. The number of nitrogens with zero attached hydrogens (tertiary/aromatic N) is 2. The molecule has 5 rings (SSSR count). The number of hydrogen-bond donors (Lipinski definition) is 2. The van der Waals surface area contributed by atoms with E-state index >= 15 is 0 Å². The molecule has 2 aliphatic rings. The molecule has 37 heavy (non-hydrogen) atoms. The van der Waals surface area contributed by atoms with Gasteiger partial charge in [-0.1, -0.05) is 68.8 Å². The van der Waals surface area contributed by atoms with Crippen molar-refractivity contribution in [2.75, 3.05) is 4.90 Å². The summed E-state index contributed by atoms with van der Waals surface area (Å²) in [6, 6.07) is 19.5. The van der Waals surface area contributed by atoms with Crippen LogP contribution in [0.15, 0.2) is 89.9 Å². The van der Waals surface area contributed by atoms with Gasteiger partial charge >= 0.3 is 0 Å². The van der Waals surface area contributed by atoms with E-state index in [1.165, 1.54) is 5.56 Å². The van der Waals surface area contributed by atoms with Crippen LogP contribution in [0.4, 0.5) is 5.69 Å². The number of nitrogens with one attached hydrogen (secondary N) is 1. The van der Waals surface area contributed by atoms with Crippen LogP contribution >= 0.6 is 0 Å². The first-order chi connectivity index (χ1) is 17.7. The molecule has 0 amide bonds. The van der Waals surface area contributed by atoms with Gasteiger partial charge in [0.1, 0.15) is 11.6 Å². The average molecular weight is 492 g/mol. The zero-order chi connectivity index (χ0) is 26.3. The number of Topliss-reactive ketones (excluding diaryl/α,β-unsaturated/α-hetero) is 1. The van der Waals surface area contributed by atoms with Crippen LogP contribution in [0.25, 0.3) is 5.76 Å². The molecule has 0 fully saturated rings. The van der Waals surface area contributed by atoms with Gasteiger partial charge in [0, 0.05) is 52.8 Å². The Balaban J connectivity index is 1.82. The van der Waals surface area contributed by atoms with Gasteiger partial charge in [0.25, 0.3) is 0 Å². The smallest absolute Gasteiger partial charge is 0.162 e. The van der Waals surface area contributed by atoms with Crippen LogP contribution in [0.2, 0.25) is 0 Å². The number of pyridine rings is 1. The molecular weight excluding hydrogens is 458 g/mol. The fourth-order valence-electron chi connectivity index (χ4n) is 5.53. The molecule has 1 aliphatic heterocycles. The predicted octanol–water partition coefficient (Wildman–Crippen LogP) is 7.15. The van der Waals surface area contributed by atoms with Crippen molar-refractivity contribution in [3.05, 3.63) is 112 Å². The predicted molar refractivity (Wildman–Crippen MR) is 149 cm³/mol. The average Bonchev–Trinajstić information content (AvgIpc) is 2.88. The Morgan fingerprint density at radius 1 is 1.08 bits per heavy atom. The lowest BCUT2D eigenvalue weighted by Crippen LogP contribution is -2.45.